The fourth-order valence-corrected chi connectivity index (χ4v) is 3.99. The van der Waals surface area contributed by atoms with E-state index in [-0.39, 0.29) is 17.8 Å². The van der Waals surface area contributed by atoms with Crippen LogP contribution in [-0.2, 0) is 11.8 Å². The number of nitrogens with zero attached hydrogens (tertiary/aromatic N) is 3. The lowest BCUT2D eigenvalue weighted by Crippen LogP contribution is -2.15. The molecule has 0 saturated heterocycles. The standard InChI is InChI=1S/C20H19Cl3N4O2S/c1-11-4-6-14(22)17(8-11)29-12(2)19-25-26-20(27(19)3)30-10-18(28)24-16-7-5-13(21)9-15(16)23/h4-9,12H,10H2,1-3H3,(H,24,28). The second kappa shape index (κ2) is 9.92. The Morgan fingerprint density at radius 1 is 1.17 bits per heavy atom. The number of amides is 1. The van der Waals surface area contributed by atoms with Crippen molar-refractivity contribution in [2.24, 2.45) is 7.05 Å². The first-order chi connectivity index (χ1) is 14.2. The summed E-state index contributed by atoms with van der Waals surface area (Å²) in [5, 5.41) is 13.1. The smallest absolute Gasteiger partial charge is 0.234 e. The highest BCUT2D eigenvalue weighted by atomic mass is 35.5. The molecule has 30 heavy (non-hydrogen) atoms. The maximum absolute atomic E-state index is 12.3. The van der Waals surface area contributed by atoms with Gasteiger partial charge in [0.25, 0.3) is 0 Å². The van der Waals surface area contributed by atoms with Crippen molar-refractivity contribution in [3.8, 4) is 5.75 Å². The van der Waals surface area contributed by atoms with Crippen LogP contribution in [0.4, 0.5) is 5.69 Å². The lowest BCUT2D eigenvalue weighted by atomic mass is 10.2. The molecule has 158 valence electrons. The van der Waals surface area contributed by atoms with Crippen LogP contribution in [0.5, 0.6) is 5.75 Å². The van der Waals surface area contributed by atoms with Crippen LogP contribution >= 0.6 is 46.6 Å². The van der Waals surface area contributed by atoms with E-state index in [1.54, 1.807) is 28.8 Å². The summed E-state index contributed by atoms with van der Waals surface area (Å²) in [4.78, 5) is 12.3. The van der Waals surface area contributed by atoms with E-state index in [2.05, 4.69) is 15.5 Å². The molecule has 1 heterocycles. The molecule has 1 atom stereocenters. The summed E-state index contributed by atoms with van der Waals surface area (Å²) < 4.78 is 7.76. The lowest BCUT2D eigenvalue weighted by Gasteiger charge is -2.15. The Hall–Kier alpha value is -1.93. The van der Waals surface area contributed by atoms with Crippen molar-refractivity contribution in [3.05, 3.63) is 62.9 Å². The molecule has 1 N–H and O–H groups in total. The molecular formula is C20H19Cl3N4O2S. The average Bonchev–Trinajstić information content (AvgIpc) is 3.06. The monoisotopic (exact) mass is 484 g/mol. The number of hydrogen-bond acceptors (Lipinski definition) is 5. The van der Waals surface area contributed by atoms with Crippen LogP contribution < -0.4 is 10.1 Å². The Morgan fingerprint density at radius 3 is 2.67 bits per heavy atom. The number of aromatic nitrogens is 3. The van der Waals surface area contributed by atoms with Gasteiger partial charge in [0, 0.05) is 12.1 Å². The number of anilines is 1. The molecule has 0 saturated carbocycles. The zero-order valence-corrected chi connectivity index (χ0v) is 19.5. The number of aryl methyl sites for hydroxylation is 1. The van der Waals surface area contributed by atoms with Crippen molar-refractivity contribution in [1.82, 2.24) is 14.8 Å². The molecule has 3 rings (SSSR count). The predicted octanol–water partition coefficient (Wildman–Crippen LogP) is 5.95. The molecule has 0 aliphatic rings. The highest BCUT2D eigenvalue weighted by molar-refractivity contribution is 7.99. The van der Waals surface area contributed by atoms with Gasteiger partial charge in [0.1, 0.15) is 5.75 Å². The molecule has 0 radical (unpaired) electrons. The van der Waals surface area contributed by atoms with Gasteiger partial charge in [-0.15, -0.1) is 10.2 Å². The minimum atomic E-state index is -0.377. The Balaban J connectivity index is 1.62. The summed E-state index contributed by atoms with van der Waals surface area (Å²) in [5.41, 5.74) is 1.55. The first-order valence-corrected chi connectivity index (χ1v) is 11.1. The van der Waals surface area contributed by atoms with Crippen LogP contribution in [0.1, 0.15) is 24.4 Å². The van der Waals surface area contributed by atoms with E-state index >= 15 is 0 Å². The van der Waals surface area contributed by atoms with E-state index < -0.39 is 0 Å². The van der Waals surface area contributed by atoms with Gasteiger partial charge >= 0.3 is 0 Å². The fraction of sp³-hybridized carbons (Fsp3) is 0.250. The number of carbonyl (C=O) groups is 1. The highest BCUT2D eigenvalue weighted by Crippen LogP contribution is 2.30. The molecule has 1 aromatic heterocycles. The Bertz CT molecular complexity index is 1070. The van der Waals surface area contributed by atoms with E-state index in [4.69, 9.17) is 39.5 Å². The van der Waals surface area contributed by atoms with Crippen LogP contribution in [0.2, 0.25) is 15.1 Å². The number of thioether (sulfide) groups is 1. The molecule has 10 heteroatoms. The second-order valence-corrected chi connectivity index (χ2v) is 8.75. The van der Waals surface area contributed by atoms with Crippen LogP contribution in [0.3, 0.4) is 0 Å². The molecule has 2 aromatic carbocycles. The number of hydrogen-bond donors (Lipinski definition) is 1. The van der Waals surface area contributed by atoms with E-state index in [9.17, 15) is 4.79 Å². The quantitative estimate of drug-likeness (QED) is 0.418. The topological polar surface area (TPSA) is 69.0 Å². The summed E-state index contributed by atoms with van der Waals surface area (Å²) in [6, 6.07) is 10.5. The number of carbonyl (C=O) groups excluding carboxylic acids is 1. The minimum absolute atomic E-state index is 0.143. The van der Waals surface area contributed by atoms with Gasteiger partial charge in [-0.05, 0) is 49.7 Å². The molecule has 1 unspecified atom stereocenters. The van der Waals surface area contributed by atoms with E-state index in [0.717, 1.165) is 5.56 Å². The molecule has 1 amide bonds. The Kier molecular flexibility index (Phi) is 7.52. The van der Waals surface area contributed by atoms with Crippen molar-refractivity contribution in [1.29, 1.82) is 0 Å². The number of halogens is 3. The fourth-order valence-electron chi connectivity index (χ4n) is 2.66. The van der Waals surface area contributed by atoms with Gasteiger partial charge in [-0.3, -0.25) is 4.79 Å². The largest absolute Gasteiger partial charge is 0.481 e. The third-order valence-corrected chi connectivity index (χ3v) is 6.04. The van der Waals surface area contributed by atoms with Crippen molar-refractivity contribution in [3.63, 3.8) is 0 Å². The minimum Gasteiger partial charge on any atom is -0.481 e. The van der Waals surface area contributed by atoms with Gasteiger partial charge < -0.3 is 14.6 Å². The molecule has 0 aliphatic carbocycles. The van der Waals surface area contributed by atoms with Crippen LogP contribution in [0.15, 0.2) is 41.6 Å². The highest BCUT2D eigenvalue weighted by Gasteiger charge is 2.19. The van der Waals surface area contributed by atoms with Crippen LogP contribution in [-0.4, -0.2) is 26.4 Å². The SMILES string of the molecule is Cc1ccc(Cl)c(OC(C)c2nnc(SCC(=O)Nc3ccc(Cl)cc3Cl)n2C)c1. The zero-order valence-electron chi connectivity index (χ0n) is 16.4. The van der Waals surface area contributed by atoms with E-state index in [1.807, 2.05) is 33.0 Å². The van der Waals surface area contributed by atoms with Gasteiger partial charge in [0.15, 0.2) is 17.1 Å². The van der Waals surface area contributed by atoms with Gasteiger partial charge in [0.05, 0.1) is 21.5 Å². The third kappa shape index (κ3) is 5.60. The molecule has 0 aliphatic heterocycles. The predicted molar refractivity (Wildman–Crippen MR) is 122 cm³/mol. The summed E-state index contributed by atoms with van der Waals surface area (Å²) in [6.07, 6.45) is -0.377. The first kappa shape index (κ1) is 22.7. The van der Waals surface area contributed by atoms with Gasteiger partial charge in [0.2, 0.25) is 5.91 Å². The van der Waals surface area contributed by atoms with Gasteiger partial charge in [-0.1, -0.05) is 52.6 Å². The van der Waals surface area contributed by atoms with Gasteiger partial charge in [-0.2, -0.15) is 0 Å². The summed E-state index contributed by atoms with van der Waals surface area (Å²) >= 11 is 19.4. The first-order valence-electron chi connectivity index (χ1n) is 8.94. The molecule has 0 bridgehead atoms. The Labute approximate surface area is 193 Å². The van der Waals surface area contributed by atoms with E-state index in [0.29, 0.717) is 37.5 Å². The number of benzene rings is 2. The number of ether oxygens (including phenoxy) is 1. The third-order valence-electron chi connectivity index (χ3n) is 4.16. The van der Waals surface area contributed by atoms with Gasteiger partial charge in [-0.25, -0.2) is 0 Å². The van der Waals surface area contributed by atoms with Crippen LogP contribution in [0, 0.1) is 6.92 Å². The van der Waals surface area contributed by atoms with Crippen molar-refractivity contribution < 1.29 is 9.53 Å². The van der Waals surface area contributed by atoms with Crippen molar-refractivity contribution in [2.75, 3.05) is 11.1 Å². The lowest BCUT2D eigenvalue weighted by molar-refractivity contribution is -0.113. The number of rotatable bonds is 7. The molecule has 0 spiro atoms. The normalized spacial score (nSPS) is 11.9. The maximum Gasteiger partial charge on any atom is 0.234 e. The summed E-state index contributed by atoms with van der Waals surface area (Å²) in [6.45, 7) is 3.83. The molecule has 6 nitrogen and oxygen atoms in total. The van der Waals surface area contributed by atoms with E-state index in [1.165, 1.54) is 11.8 Å². The molecule has 3 aromatic rings. The molecular weight excluding hydrogens is 467 g/mol. The average molecular weight is 486 g/mol. The zero-order chi connectivity index (χ0) is 21.8. The van der Waals surface area contributed by atoms with Crippen molar-refractivity contribution in [2.45, 2.75) is 25.1 Å². The van der Waals surface area contributed by atoms with Crippen molar-refractivity contribution >= 4 is 58.2 Å². The summed E-state index contributed by atoms with van der Waals surface area (Å²) in [5.74, 6) is 1.13. The Morgan fingerprint density at radius 2 is 1.93 bits per heavy atom. The molecule has 0 fully saturated rings. The second-order valence-electron chi connectivity index (χ2n) is 6.55. The maximum atomic E-state index is 12.3. The summed E-state index contributed by atoms with van der Waals surface area (Å²) in [7, 11) is 1.82. The number of nitrogens with one attached hydrogen (secondary N) is 1. The van der Waals surface area contributed by atoms with Crippen LogP contribution in [0.25, 0.3) is 0 Å².